The lowest BCUT2D eigenvalue weighted by molar-refractivity contribution is -0.142. The number of aromatic amines is 1. The van der Waals surface area contributed by atoms with Gasteiger partial charge in [-0.3, -0.25) is 43.2 Å². The molecule has 0 aliphatic rings. The SMILES string of the molecule is CNCCCC[C@H](NC(=O)CC[C@H](NC(C)=O)C(=O)O)C(=O)N[C@H](C)C(=O)N[C@@](C=O)(CN[C@@H](Cc1c[nH]c2ccccc12)C(=O)N[C@@H](CC(N)=O)C(=O)NCC(=O)C(C)C)CC(N)=O. The summed E-state index contributed by atoms with van der Waals surface area (Å²) in [5.74, 6) is -8.88. The largest absolute Gasteiger partial charge is 0.480 e. The summed E-state index contributed by atoms with van der Waals surface area (Å²) in [6.45, 7) is 5.26. The maximum atomic E-state index is 14.1. The summed E-state index contributed by atoms with van der Waals surface area (Å²) < 4.78 is 0. The van der Waals surface area contributed by atoms with Gasteiger partial charge in [0.1, 0.15) is 36.0 Å². The molecule has 0 unspecified atom stereocenters. The average molecular weight is 914 g/mol. The minimum Gasteiger partial charge on any atom is -0.480 e. The van der Waals surface area contributed by atoms with E-state index in [9.17, 15) is 57.8 Å². The summed E-state index contributed by atoms with van der Waals surface area (Å²) in [4.78, 5) is 143. The van der Waals surface area contributed by atoms with Crippen LogP contribution in [-0.4, -0.2) is 138 Å². The fourth-order valence-corrected chi connectivity index (χ4v) is 6.54. The molecule has 23 nitrogen and oxygen atoms in total. The van der Waals surface area contributed by atoms with Crippen LogP contribution in [0.5, 0.6) is 0 Å². The number of nitrogens with two attached hydrogens (primary N) is 2. The predicted molar refractivity (Wildman–Crippen MR) is 235 cm³/mol. The molecule has 0 radical (unpaired) electrons. The predicted octanol–water partition coefficient (Wildman–Crippen LogP) is -2.95. The van der Waals surface area contributed by atoms with Gasteiger partial charge in [0.05, 0.1) is 25.4 Å². The minimum atomic E-state index is -2.13. The van der Waals surface area contributed by atoms with Gasteiger partial charge in [0.25, 0.3) is 0 Å². The lowest BCUT2D eigenvalue weighted by Crippen LogP contribution is -2.64. The summed E-state index contributed by atoms with van der Waals surface area (Å²) in [5, 5.41) is 30.6. The fourth-order valence-electron chi connectivity index (χ4n) is 6.54. The number of carbonyl (C=O) groups excluding carboxylic acids is 10. The number of carboxylic acid groups (broad SMARTS) is 1. The van der Waals surface area contributed by atoms with E-state index < -0.39 is 114 Å². The first-order valence-corrected chi connectivity index (χ1v) is 21.1. The van der Waals surface area contributed by atoms with E-state index in [1.54, 1.807) is 51.4 Å². The van der Waals surface area contributed by atoms with Crippen LogP contribution >= 0.6 is 0 Å². The molecule has 0 saturated carbocycles. The number of para-hydroxylation sites is 1. The zero-order valence-corrected chi connectivity index (χ0v) is 37.3. The number of nitrogens with one attached hydrogen (secondary N) is 9. The molecule has 1 aromatic carbocycles. The Kier molecular flexibility index (Phi) is 22.4. The Morgan fingerprint density at radius 1 is 0.800 bits per heavy atom. The van der Waals surface area contributed by atoms with Crippen molar-refractivity contribution in [2.75, 3.05) is 26.7 Å². The lowest BCUT2D eigenvalue weighted by Gasteiger charge is -2.32. The number of amides is 8. The number of hydrogen-bond acceptors (Lipinski definition) is 13. The summed E-state index contributed by atoms with van der Waals surface area (Å²) >= 11 is 0. The molecule has 6 atom stereocenters. The number of rotatable bonds is 31. The normalized spacial score (nSPS) is 14.3. The summed E-state index contributed by atoms with van der Waals surface area (Å²) in [7, 11) is 1.73. The monoisotopic (exact) mass is 913 g/mol. The molecular weight excluding hydrogens is 851 g/mol. The molecule has 0 fully saturated rings. The quantitative estimate of drug-likeness (QED) is 0.0266. The van der Waals surface area contributed by atoms with Gasteiger partial charge in [-0.1, -0.05) is 32.0 Å². The van der Waals surface area contributed by atoms with E-state index >= 15 is 0 Å². The second kappa shape index (κ2) is 26.8. The van der Waals surface area contributed by atoms with Gasteiger partial charge in [-0.15, -0.1) is 0 Å². The van der Waals surface area contributed by atoms with Crippen LogP contribution in [0, 0.1) is 5.92 Å². The Morgan fingerprint density at radius 3 is 2.08 bits per heavy atom. The van der Waals surface area contributed by atoms with E-state index in [4.69, 9.17) is 11.5 Å². The molecule has 8 amide bonds. The Balaban J connectivity index is 2.37. The first kappa shape index (κ1) is 54.4. The van der Waals surface area contributed by atoms with Crippen molar-refractivity contribution in [2.45, 2.75) is 115 Å². The number of H-pyrrole nitrogens is 1. The maximum absolute atomic E-state index is 14.1. The van der Waals surface area contributed by atoms with Crippen LogP contribution in [0.1, 0.15) is 78.2 Å². The van der Waals surface area contributed by atoms with E-state index in [1.807, 2.05) is 0 Å². The Hall–Kier alpha value is -6.75. The van der Waals surface area contributed by atoms with Crippen LogP contribution in [0.2, 0.25) is 0 Å². The number of fused-ring (bicyclic) bond motifs is 1. The molecule has 2 aromatic rings. The van der Waals surface area contributed by atoms with Crippen LogP contribution in [0.15, 0.2) is 30.5 Å². The third-order valence-electron chi connectivity index (χ3n) is 10.2. The second-order valence-electron chi connectivity index (χ2n) is 16.1. The number of ketones is 1. The summed E-state index contributed by atoms with van der Waals surface area (Å²) in [6, 6.07) is 0.325. The minimum absolute atomic E-state index is 0.107. The summed E-state index contributed by atoms with van der Waals surface area (Å²) in [6.07, 6.45) is 0.865. The van der Waals surface area contributed by atoms with Crippen molar-refractivity contribution in [1.82, 2.24) is 47.5 Å². The number of benzene rings is 1. The van der Waals surface area contributed by atoms with Crippen LogP contribution in [0.3, 0.4) is 0 Å². The highest BCUT2D eigenvalue weighted by Gasteiger charge is 2.38. The average Bonchev–Trinajstić information content (AvgIpc) is 3.65. The molecule has 23 heteroatoms. The van der Waals surface area contributed by atoms with Gasteiger partial charge in [-0.25, -0.2) is 4.79 Å². The molecule has 14 N–H and O–H groups in total. The van der Waals surface area contributed by atoms with E-state index in [0.717, 1.165) is 12.4 Å². The molecule has 1 aromatic heterocycles. The molecular formula is C42H63N11O12. The van der Waals surface area contributed by atoms with Gasteiger partial charge in [0.2, 0.25) is 47.3 Å². The zero-order valence-electron chi connectivity index (χ0n) is 37.3. The maximum Gasteiger partial charge on any atom is 0.326 e. The topological polar surface area (TPSA) is 372 Å². The van der Waals surface area contributed by atoms with E-state index in [2.05, 4.69) is 47.5 Å². The highest BCUT2D eigenvalue weighted by atomic mass is 16.4. The molecule has 358 valence electrons. The van der Waals surface area contributed by atoms with Crippen molar-refractivity contribution in [2.24, 2.45) is 17.4 Å². The standard InChI is InChI=1S/C42H63N11O12/c1-23(2)33(56)20-47-38(61)32(17-34(43)57)52-40(63)31(16-26-19-46-28-11-7-6-10-27(26)28)48-21-42(22-54,18-35(44)58)53-37(60)24(3)49-39(62)29(12-8-9-15-45-5)51-36(59)14-13-30(41(64)65)50-25(4)55/h6-7,10-11,19,22-24,29-32,45-46,48H,8-9,12-18,20-21H2,1-5H3,(H2,43,57)(H2,44,58)(H,47,61)(H,49,62)(H,50,55)(H,51,59)(H,52,63)(H,53,60)(H,64,65)/t24-,29+,30+,31+,32+,42-/m1/s1. The summed E-state index contributed by atoms with van der Waals surface area (Å²) in [5.41, 5.74) is 10.1. The van der Waals surface area contributed by atoms with Crippen LogP contribution in [0.4, 0.5) is 0 Å². The van der Waals surface area contributed by atoms with Gasteiger partial charge in [-0.2, -0.15) is 0 Å². The van der Waals surface area contributed by atoms with E-state index in [0.29, 0.717) is 30.3 Å². The first-order valence-electron chi connectivity index (χ1n) is 21.1. The Morgan fingerprint density at radius 2 is 1.48 bits per heavy atom. The van der Waals surface area contributed by atoms with Crippen molar-refractivity contribution in [3.8, 4) is 0 Å². The number of Topliss-reactive ketones (excluding diaryl/α,β-unsaturated/α-hetero) is 1. The van der Waals surface area contributed by atoms with Crippen molar-refractivity contribution < 1.29 is 57.8 Å². The number of carboxylic acids is 1. The van der Waals surface area contributed by atoms with Gasteiger partial charge in [-0.05, 0) is 64.3 Å². The highest BCUT2D eigenvalue weighted by Crippen LogP contribution is 2.20. The number of aromatic nitrogens is 1. The third-order valence-corrected chi connectivity index (χ3v) is 10.2. The van der Waals surface area contributed by atoms with E-state index in [-0.39, 0.29) is 44.3 Å². The molecule has 0 aliphatic carbocycles. The van der Waals surface area contributed by atoms with Crippen molar-refractivity contribution in [3.63, 3.8) is 0 Å². The molecule has 65 heavy (non-hydrogen) atoms. The van der Waals surface area contributed by atoms with Gasteiger partial charge >= 0.3 is 5.97 Å². The first-order chi connectivity index (χ1) is 30.6. The van der Waals surface area contributed by atoms with Gasteiger partial charge in [0, 0.05) is 42.9 Å². The number of hydrogen-bond donors (Lipinski definition) is 12. The lowest BCUT2D eigenvalue weighted by atomic mass is 9.94. The molecule has 0 saturated heterocycles. The Bertz CT molecular complexity index is 2040. The smallest absolute Gasteiger partial charge is 0.326 e. The van der Waals surface area contributed by atoms with Crippen molar-refractivity contribution >= 4 is 76.2 Å². The number of aliphatic carboxylic acids is 1. The zero-order chi connectivity index (χ0) is 48.9. The van der Waals surface area contributed by atoms with Crippen molar-refractivity contribution in [3.05, 3.63) is 36.0 Å². The second-order valence-corrected chi connectivity index (χ2v) is 16.1. The van der Waals surface area contributed by atoms with Crippen LogP contribution < -0.4 is 54.0 Å². The van der Waals surface area contributed by atoms with Crippen LogP contribution in [-0.2, 0) is 59.2 Å². The molecule has 0 spiro atoms. The van der Waals surface area contributed by atoms with Crippen molar-refractivity contribution in [1.29, 1.82) is 0 Å². The number of unbranched alkanes of at least 4 members (excludes halogenated alkanes) is 1. The number of aldehydes is 1. The van der Waals surface area contributed by atoms with Gasteiger partial charge < -0.3 is 68.9 Å². The Labute approximate surface area is 375 Å². The van der Waals surface area contributed by atoms with Gasteiger partial charge in [0.15, 0.2) is 5.78 Å². The molecule has 1 heterocycles. The van der Waals surface area contributed by atoms with E-state index in [1.165, 1.54) is 6.92 Å². The highest BCUT2D eigenvalue weighted by molar-refractivity contribution is 5.96. The number of primary amides is 2. The molecule has 2 rings (SSSR count). The molecule has 0 bridgehead atoms. The third kappa shape index (κ3) is 18.9. The fraction of sp³-hybridized carbons (Fsp3) is 0.548. The number of carbonyl (C=O) groups is 11. The van der Waals surface area contributed by atoms with Crippen LogP contribution in [0.25, 0.3) is 10.9 Å². The molecule has 0 aliphatic heterocycles.